The molecular weight excluding hydrogens is 238 g/mol. The third-order valence-electron chi connectivity index (χ3n) is 4.23. The van der Waals surface area contributed by atoms with Crippen molar-refractivity contribution in [2.75, 3.05) is 6.54 Å². The van der Waals surface area contributed by atoms with Gasteiger partial charge in [-0.2, -0.15) is 0 Å². The Hall–Kier alpha value is -1.55. The van der Waals surface area contributed by atoms with E-state index in [0.29, 0.717) is 6.04 Å². The monoisotopic (exact) mass is 259 g/mol. The highest BCUT2D eigenvalue weighted by Crippen LogP contribution is 2.33. The number of aryl methyl sites for hydroxylation is 3. The maximum Gasteiger partial charge on any atom is 0.138 e. The molecule has 2 aromatic rings. The summed E-state index contributed by atoms with van der Waals surface area (Å²) in [5.74, 6) is 0.954. The highest BCUT2D eigenvalue weighted by atomic mass is 16.5. The van der Waals surface area contributed by atoms with Gasteiger partial charge >= 0.3 is 0 Å². The lowest BCUT2D eigenvalue weighted by molar-refractivity contribution is 0.239. The van der Waals surface area contributed by atoms with Crippen LogP contribution in [0.25, 0.3) is 0 Å². The number of rotatable bonds is 3. The van der Waals surface area contributed by atoms with Crippen molar-refractivity contribution in [2.24, 2.45) is 7.05 Å². The Morgan fingerprint density at radius 1 is 1.42 bits per heavy atom. The predicted octanol–water partition coefficient (Wildman–Crippen LogP) is 2.97. The highest BCUT2D eigenvalue weighted by molar-refractivity contribution is 5.22. The summed E-state index contributed by atoms with van der Waals surface area (Å²) in [7, 11) is 2.13. The first-order valence-electron chi connectivity index (χ1n) is 6.94. The van der Waals surface area contributed by atoms with Gasteiger partial charge in [-0.1, -0.05) is 5.16 Å². The van der Waals surface area contributed by atoms with Crippen LogP contribution >= 0.6 is 0 Å². The van der Waals surface area contributed by atoms with Gasteiger partial charge in [-0.15, -0.1) is 0 Å². The van der Waals surface area contributed by atoms with Gasteiger partial charge in [0, 0.05) is 31.0 Å². The van der Waals surface area contributed by atoms with Crippen LogP contribution in [0, 0.1) is 13.8 Å². The Bertz CT molecular complexity index is 550. The second-order valence-corrected chi connectivity index (χ2v) is 5.48. The Balaban J connectivity index is 1.83. The molecule has 0 radical (unpaired) electrons. The third kappa shape index (κ3) is 2.21. The van der Waals surface area contributed by atoms with Crippen LogP contribution in [0.1, 0.15) is 41.6 Å². The predicted molar refractivity (Wildman–Crippen MR) is 73.8 cm³/mol. The molecular formula is C15H21N3O. The van der Waals surface area contributed by atoms with Gasteiger partial charge in [-0.25, -0.2) is 0 Å². The molecule has 0 amide bonds. The number of hydrogen-bond acceptors (Lipinski definition) is 3. The molecule has 19 heavy (non-hydrogen) atoms. The van der Waals surface area contributed by atoms with Gasteiger partial charge in [0.05, 0.1) is 11.7 Å². The molecule has 4 heteroatoms. The van der Waals surface area contributed by atoms with Crippen molar-refractivity contribution in [3.8, 4) is 0 Å². The molecule has 0 aliphatic carbocycles. The highest BCUT2D eigenvalue weighted by Gasteiger charge is 2.28. The van der Waals surface area contributed by atoms with E-state index in [1.165, 1.54) is 24.1 Å². The first-order chi connectivity index (χ1) is 9.16. The van der Waals surface area contributed by atoms with E-state index in [4.69, 9.17) is 4.52 Å². The van der Waals surface area contributed by atoms with E-state index in [1.807, 2.05) is 13.8 Å². The largest absolute Gasteiger partial charge is 0.361 e. The normalized spacial score (nSPS) is 20.3. The number of aromatic nitrogens is 2. The standard InChI is InChI=1S/C15H21N3O/c1-11-13(12(2)19-16-11)10-18-9-5-7-15(18)14-6-4-8-17(14)3/h4,6,8,15H,5,7,9-10H2,1-3H3. The molecule has 102 valence electrons. The Labute approximate surface area is 114 Å². The van der Waals surface area contributed by atoms with Crippen LogP contribution in [0.2, 0.25) is 0 Å². The lowest BCUT2D eigenvalue weighted by Crippen LogP contribution is -2.24. The molecule has 0 aromatic carbocycles. The van der Waals surface area contributed by atoms with E-state index in [1.54, 1.807) is 0 Å². The Kier molecular flexibility index (Phi) is 3.19. The van der Waals surface area contributed by atoms with E-state index in [0.717, 1.165) is 24.5 Å². The van der Waals surface area contributed by atoms with Crippen molar-refractivity contribution in [3.63, 3.8) is 0 Å². The summed E-state index contributed by atoms with van der Waals surface area (Å²) >= 11 is 0. The molecule has 3 heterocycles. The molecule has 0 N–H and O–H groups in total. The van der Waals surface area contributed by atoms with E-state index >= 15 is 0 Å². The maximum absolute atomic E-state index is 5.27. The molecule has 1 aliphatic heterocycles. The van der Waals surface area contributed by atoms with E-state index in [9.17, 15) is 0 Å². The second kappa shape index (κ2) is 4.85. The smallest absolute Gasteiger partial charge is 0.138 e. The van der Waals surface area contributed by atoms with Gasteiger partial charge in [0.25, 0.3) is 0 Å². The molecule has 1 saturated heterocycles. The van der Waals surface area contributed by atoms with Gasteiger partial charge in [-0.05, 0) is 45.4 Å². The zero-order valence-electron chi connectivity index (χ0n) is 11.9. The molecule has 1 unspecified atom stereocenters. The molecule has 1 atom stereocenters. The van der Waals surface area contributed by atoms with Gasteiger partial charge in [0.2, 0.25) is 0 Å². The molecule has 1 aliphatic rings. The lowest BCUT2D eigenvalue weighted by atomic mass is 10.1. The fourth-order valence-corrected chi connectivity index (χ4v) is 3.10. The van der Waals surface area contributed by atoms with Gasteiger partial charge in [-0.3, -0.25) is 4.90 Å². The number of hydrogen-bond donors (Lipinski definition) is 0. The molecule has 0 spiro atoms. The number of likely N-dealkylation sites (tertiary alicyclic amines) is 1. The van der Waals surface area contributed by atoms with E-state index < -0.39 is 0 Å². The zero-order valence-corrected chi connectivity index (χ0v) is 11.9. The summed E-state index contributed by atoms with van der Waals surface area (Å²) in [5.41, 5.74) is 3.68. The summed E-state index contributed by atoms with van der Waals surface area (Å²) in [4.78, 5) is 2.54. The van der Waals surface area contributed by atoms with Crippen molar-refractivity contribution < 1.29 is 4.52 Å². The fraction of sp³-hybridized carbons (Fsp3) is 0.533. The average molecular weight is 259 g/mol. The Morgan fingerprint density at radius 2 is 2.26 bits per heavy atom. The minimum Gasteiger partial charge on any atom is -0.361 e. The molecule has 0 bridgehead atoms. The van der Waals surface area contributed by atoms with Crippen molar-refractivity contribution in [1.82, 2.24) is 14.6 Å². The van der Waals surface area contributed by atoms with E-state index in [-0.39, 0.29) is 0 Å². The molecule has 0 saturated carbocycles. The minimum atomic E-state index is 0.522. The average Bonchev–Trinajstić information content (AvgIpc) is 3.06. The van der Waals surface area contributed by atoms with Crippen LogP contribution in [-0.4, -0.2) is 21.2 Å². The van der Waals surface area contributed by atoms with Gasteiger partial charge in [0.15, 0.2) is 0 Å². The summed E-state index contributed by atoms with van der Waals surface area (Å²) < 4.78 is 7.51. The SMILES string of the molecule is Cc1noc(C)c1CN1CCCC1c1cccn1C. The fourth-order valence-electron chi connectivity index (χ4n) is 3.10. The van der Waals surface area contributed by atoms with Crippen LogP contribution in [0.3, 0.4) is 0 Å². The number of nitrogens with zero attached hydrogens (tertiary/aromatic N) is 3. The zero-order chi connectivity index (χ0) is 13.4. The molecule has 4 nitrogen and oxygen atoms in total. The van der Waals surface area contributed by atoms with Crippen molar-refractivity contribution in [3.05, 3.63) is 41.0 Å². The minimum absolute atomic E-state index is 0.522. The molecule has 1 fully saturated rings. The second-order valence-electron chi connectivity index (χ2n) is 5.48. The molecule has 2 aromatic heterocycles. The first-order valence-corrected chi connectivity index (χ1v) is 6.94. The maximum atomic E-state index is 5.27. The van der Waals surface area contributed by atoms with Crippen molar-refractivity contribution in [1.29, 1.82) is 0 Å². The van der Waals surface area contributed by atoms with Gasteiger partial charge < -0.3 is 9.09 Å². The summed E-state index contributed by atoms with van der Waals surface area (Å²) in [6, 6.07) is 4.88. The summed E-state index contributed by atoms with van der Waals surface area (Å²) in [6.07, 6.45) is 4.63. The summed E-state index contributed by atoms with van der Waals surface area (Å²) in [5, 5.41) is 4.06. The quantitative estimate of drug-likeness (QED) is 0.850. The third-order valence-corrected chi connectivity index (χ3v) is 4.23. The van der Waals surface area contributed by atoms with Crippen molar-refractivity contribution >= 4 is 0 Å². The van der Waals surface area contributed by atoms with Crippen molar-refractivity contribution in [2.45, 2.75) is 39.3 Å². The van der Waals surface area contributed by atoms with Crippen LogP contribution in [-0.2, 0) is 13.6 Å². The van der Waals surface area contributed by atoms with Gasteiger partial charge in [0.1, 0.15) is 5.76 Å². The van der Waals surface area contributed by atoms with E-state index in [2.05, 4.69) is 40.0 Å². The summed E-state index contributed by atoms with van der Waals surface area (Å²) in [6.45, 7) is 6.12. The Morgan fingerprint density at radius 3 is 2.89 bits per heavy atom. The van der Waals surface area contributed by atoms with Crippen LogP contribution in [0.15, 0.2) is 22.9 Å². The van der Waals surface area contributed by atoms with Crippen LogP contribution in [0.4, 0.5) is 0 Å². The molecule has 3 rings (SSSR count). The topological polar surface area (TPSA) is 34.2 Å². The van der Waals surface area contributed by atoms with Crippen LogP contribution < -0.4 is 0 Å². The first kappa shape index (κ1) is 12.5. The lowest BCUT2D eigenvalue weighted by Gasteiger charge is -2.25. The van der Waals surface area contributed by atoms with Crippen LogP contribution in [0.5, 0.6) is 0 Å².